The summed E-state index contributed by atoms with van der Waals surface area (Å²) in [6.07, 6.45) is 5.45. The SMILES string of the molecule is CCNC1CCC(C(C)(C)C)CC1N1CCCN(C)CC1. The lowest BCUT2D eigenvalue weighted by Crippen LogP contribution is -2.55. The standard InChI is InChI=1S/C18H37N3/c1-6-19-16-9-8-15(18(2,3)4)14-17(16)21-11-7-10-20(5)12-13-21/h15-17,19H,6-14H2,1-5H3. The Labute approximate surface area is 132 Å². The van der Waals surface area contributed by atoms with E-state index in [0.29, 0.717) is 11.5 Å². The minimum Gasteiger partial charge on any atom is -0.313 e. The topological polar surface area (TPSA) is 18.5 Å². The third kappa shape index (κ3) is 4.67. The first-order valence-corrected chi connectivity index (χ1v) is 9.07. The first-order valence-electron chi connectivity index (χ1n) is 9.07. The van der Waals surface area contributed by atoms with Crippen LogP contribution in [0.2, 0.25) is 0 Å². The maximum absolute atomic E-state index is 3.78. The molecule has 0 amide bonds. The van der Waals surface area contributed by atoms with Crippen molar-refractivity contribution in [3.05, 3.63) is 0 Å². The van der Waals surface area contributed by atoms with Crippen molar-refractivity contribution in [2.24, 2.45) is 11.3 Å². The highest BCUT2D eigenvalue weighted by Crippen LogP contribution is 2.39. The Morgan fingerprint density at radius 3 is 2.48 bits per heavy atom. The predicted octanol–water partition coefficient (Wildman–Crippen LogP) is 2.82. The van der Waals surface area contributed by atoms with E-state index < -0.39 is 0 Å². The Kier molecular flexibility index (Phi) is 6.10. The molecule has 2 rings (SSSR count). The van der Waals surface area contributed by atoms with Gasteiger partial charge in [-0.05, 0) is 63.7 Å². The molecule has 124 valence electrons. The molecule has 1 N–H and O–H groups in total. The number of nitrogens with one attached hydrogen (secondary N) is 1. The van der Waals surface area contributed by atoms with E-state index in [1.54, 1.807) is 0 Å². The van der Waals surface area contributed by atoms with Gasteiger partial charge in [0.15, 0.2) is 0 Å². The van der Waals surface area contributed by atoms with Gasteiger partial charge in [0.2, 0.25) is 0 Å². The fraction of sp³-hybridized carbons (Fsp3) is 1.00. The third-order valence-electron chi connectivity index (χ3n) is 5.73. The number of hydrogen-bond donors (Lipinski definition) is 1. The van der Waals surface area contributed by atoms with Crippen molar-refractivity contribution < 1.29 is 0 Å². The monoisotopic (exact) mass is 295 g/mol. The van der Waals surface area contributed by atoms with E-state index in [4.69, 9.17) is 0 Å². The van der Waals surface area contributed by atoms with Crippen molar-refractivity contribution in [1.82, 2.24) is 15.1 Å². The number of nitrogens with zero attached hydrogens (tertiary/aromatic N) is 2. The largest absolute Gasteiger partial charge is 0.313 e. The normalized spacial score (nSPS) is 33.9. The summed E-state index contributed by atoms with van der Waals surface area (Å²) >= 11 is 0. The smallest absolute Gasteiger partial charge is 0.0252 e. The number of rotatable bonds is 3. The van der Waals surface area contributed by atoms with Crippen LogP contribution in [0.3, 0.4) is 0 Å². The molecule has 3 unspecified atom stereocenters. The van der Waals surface area contributed by atoms with E-state index in [1.807, 2.05) is 0 Å². The molecule has 1 aliphatic carbocycles. The van der Waals surface area contributed by atoms with Crippen LogP contribution in [0.5, 0.6) is 0 Å². The van der Waals surface area contributed by atoms with Crippen molar-refractivity contribution in [3.63, 3.8) is 0 Å². The average Bonchev–Trinajstić information content (AvgIpc) is 2.63. The van der Waals surface area contributed by atoms with Gasteiger partial charge in [-0.2, -0.15) is 0 Å². The molecular weight excluding hydrogens is 258 g/mol. The molecule has 1 saturated heterocycles. The highest BCUT2D eigenvalue weighted by molar-refractivity contribution is 4.94. The lowest BCUT2D eigenvalue weighted by molar-refractivity contribution is 0.0608. The van der Waals surface area contributed by atoms with Crippen molar-refractivity contribution >= 4 is 0 Å². The van der Waals surface area contributed by atoms with Crippen LogP contribution in [0, 0.1) is 11.3 Å². The molecule has 2 aliphatic rings. The second-order valence-electron chi connectivity index (χ2n) is 8.30. The fourth-order valence-corrected chi connectivity index (χ4v) is 4.24. The number of likely N-dealkylation sites (N-methyl/N-ethyl adjacent to an activating group) is 2. The predicted molar refractivity (Wildman–Crippen MR) is 91.7 cm³/mol. The van der Waals surface area contributed by atoms with Crippen molar-refractivity contribution in [3.8, 4) is 0 Å². The van der Waals surface area contributed by atoms with E-state index >= 15 is 0 Å². The Morgan fingerprint density at radius 1 is 1.05 bits per heavy atom. The van der Waals surface area contributed by atoms with Gasteiger partial charge in [-0.1, -0.05) is 27.7 Å². The van der Waals surface area contributed by atoms with E-state index in [-0.39, 0.29) is 0 Å². The molecule has 0 bridgehead atoms. The van der Waals surface area contributed by atoms with Gasteiger partial charge in [0.1, 0.15) is 0 Å². The van der Waals surface area contributed by atoms with Gasteiger partial charge in [0, 0.05) is 25.2 Å². The maximum Gasteiger partial charge on any atom is 0.0252 e. The van der Waals surface area contributed by atoms with Gasteiger partial charge in [-0.25, -0.2) is 0 Å². The number of hydrogen-bond acceptors (Lipinski definition) is 3. The second-order valence-corrected chi connectivity index (χ2v) is 8.30. The summed E-state index contributed by atoms with van der Waals surface area (Å²) in [6.45, 7) is 15.7. The Bertz CT molecular complexity index is 310. The molecule has 0 aromatic heterocycles. The average molecular weight is 296 g/mol. The quantitative estimate of drug-likeness (QED) is 0.864. The second kappa shape index (κ2) is 7.43. The molecule has 1 saturated carbocycles. The molecular formula is C18H37N3. The molecule has 21 heavy (non-hydrogen) atoms. The van der Waals surface area contributed by atoms with Gasteiger partial charge >= 0.3 is 0 Å². The zero-order chi connectivity index (χ0) is 15.5. The van der Waals surface area contributed by atoms with Crippen LogP contribution in [0.4, 0.5) is 0 Å². The maximum atomic E-state index is 3.78. The van der Waals surface area contributed by atoms with Gasteiger partial charge in [-0.3, -0.25) is 4.90 Å². The van der Waals surface area contributed by atoms with Crippen LogP contribution >= 0.6 is 0 Å². The van der Waals surface area contributed by atoms with Crippen LogP contribution in [-0.4, -0.2) is 61.7 Å². The van der Waals surface area contributed by atoms with Crippen LogP contribution in [0.15, 0.2) is 0 Å². The van der Waals surface area contributed by atoms with Gasteiger partial charge in [0.25, 0.3) is 0 Å². The molecule has 1 heterocycles. The molecule has 0 aromatic carbocycles. The van der Waals surface area contributed by atoms with E-state index in [9.17, 15) is 0 Å². The Hall–Kier alpha value is -0.120. The van der Waals surface area contributed by atoms with Crippen LogP contribution in [-0.2, 0) is 0 Å². The molecule has 0 spiro atoms. The highest BCUT2D eigenvalue weighted by Gasteiger charge is 2.38. The minimum atomic E-state index is 0.456. The summed E-state index contributed by atoms with van der Waals surface area (Å²) < 4.78 is 0. The first kappa shape index (κ1) is 17.2. The summed E-state index contributed by atoms with van der Waals surface area (Å²) in [5, 5.41) is 3.78. The van der Waals surface area contributed by atoms with Crippen LogP contribution in [0.25, 0.3) is 0 Å². The van der Waals surface area contributed by atoms with Gasteiger partial charge in [-0.15, -0.1) is 0 Å². The highest BCUT2D eigenvalue weighted by atomic mass is 15.2. The molecule has 3 heteroatoms. The third-order valence-corrected chi connectivity index (χ3v) is 5.73. The fourth-order valence-electron chi connectivity index (χ4n) is 4.24. The van der Waals surface area contributed by atoms with Crippen LogP contribution in [0.1, 0.15) is 53.4 Å². The molecule has 0 radical (unpaired) electrons. The lowest BCUT2D eigenvalue weighted by Gasteiger charge is -2.46. The van der Waals surface area contributed by atoms with E-state index in [2.05, 4.69) is 49.9 Å². The Balaban J connectivity index is 2.05. The zero-order valence-electron chi connectivity index (χ0n) is 15.0. The Morgan fingerprint density at radius 2 is 1.81 bits per heavy atom. The molecule has 2 fully saturated rings. The zero-order valence-corrected chi connectivity index (χ0v) is 15.0. The summed E-state index contributed by atoms with van der Waals surface area (Å²) in [5.74, 6) is 0.874. The van der Waals surface area contributed by atoms with Gasteiger partial charge in [0.05, 0.1) is 0 Å². The van der Waals surface area contributed by atoms with Crippen molar-refractivity contribution in [2.45, 2.75) is 65.5 Å². The van der Waals surface area contributed by atoms with E-state index in [0.717, 1.165) is 18.5 Å². The van der Waals surface area contributed by atoms with Crippen molar-refractivity contribution in [2.75, 3.05) is 39.8 Å². The molecule has 0 aromatic rings. The van der Waals surface area contributed by atoms with Crippen molar-refractivity contribution in [1.29, 1.82) is 0 Å². The van der Waals surface area contributed by atoms with E-state index in [1.165, 1.54) is 51.9 Å². The van der Waals surface area contributed by atoms with Crippen LogP contribution < -0.4 is 5.32 Å². The molecule has 3 nitrogen and oxygen atoms in total. The molecule has 1 aliphatic heterocycles. The lowest BCUT2D eigenvalue weighted by atomic mass is 9.69. The minimum absolute atomic E-state index is 0.456. The summed E-state index contributed by atoms with van der Waals surface area (Å²) in [5.41, 5.74) is 0.456. The summed E-state index contributed by atoms with van der Waals surface area (Å²) in [6, 6.07) is 1.45. The summed E-state index contributed by atoms with van der Waals surface area (Å²) in [4.78, 5) is 5.29. The van der Waals surface area contributed by atoms with Gasteiger partial charge < -0.3 is 10.2 Å². The summed E-state index contributed by atoms with van der Waals surface area (Å²) in [7, 11) is 2.27. The molecule has 3 atom stereocenters. The first-order chi connectivity index (χ1) is 9.91.